The molecule has 29 heavy (non-hydrogen) atoms. The fraction of sp³-hybridized carbons (Fsp3) is 0.286. The summed E-state index contributed by atoms with van der Waals surface area (Å²) >= 11 is 0. The fourth-order valence-electron chi connectivity index (χ4n) is 3.22. The number of aliphatic imine (C=N–C) groups is 1. The van der Waals surface area contributed by atoms with Crippen LogP contribution in [0.15, 0.2) is 53.4 Å². The van der Waals surface area contributed by atoms with Crippen LogP contribution in [-0.2, 0) is 16.7 Å². The highest BCUT2D eigenvalue weighted by Gasteiger charge is 2.29. The topological polar surface area (TPSA) is 86.8 Å². The first-order chi connectivity index (χ1) is 13.8. The Labute approximate surface area is 167 Å². The number of aromatic nitrogens is 1. The van der Waals surface area contributed by atoms with Crippen LogP contribution < -0.4 is 10.5 Å². The third-order valence-corrected chi connectivity index (χ3v) is 4.57. The maximum atomic E-state index is 13.1. The number of hydrogen-bond donors (Lipinski definition) is 1. The normalized spacial score (nSPS) is 18.5. The van der Waals surface area contributed by atoms with Crippen LogP contribution in [0.1, 0.15) is 34.1 Å². The van der Waals surface area contributed by atoms with Crippen molar-refractivity contribution in [3.05, 3.63) is 70.7 Å². The predicted octanol–water partition coefficient (Wildman–Crippen LogP) is 3.53. The highest BCUT2D eigenvalue weighted by atomic mass is 19.1. The number of allylic oxidation sites excluding steroid dienone is 1. The molecule has 0 radical (unpaired) electrons. The van der Waals surface area contributed by atoms with Gasteiger partial charge in [-0.2, -0.15) is 0 Å². The molecule has 0 saturated carbocycles. The van der Waals surface area contributed by atoms with Crippen LogP contribution in [0.25, 0.3) is 0 Å². The highest BCUT2D eigenvalue weighted by molar-refractivity contribution is 5.97. The van der Waals surface area contributed by atoms with Crippen molar-refractivity contribution < 1.29 is 23.0 Å². The van der Waals surface area contributed by atoms with E-state index in [-0.39, 0.29) is 29.7 Å². The Bertz CT molecular complexity index is 991. The van der Waals surface area contributed by atoms with Gasteiger partial charge in [0, 0.05) is 6.42 Å². The van der Waals surface area contributed by atoms with Gasteiger partial charge in [-0.3, -0.25) is 4.79 Å². The van der Waals surface area contributed by atoms with Crippen LogP contribution in [0, 0.1) is 6.92 Å². The van der Waals surface area contributed by atoms with Gasteiger partial charge in [-0.1, -0.05) is 24.3 Å². The van der Waals surface area contributed by atoms with Crippen LogP contribution in [0.3, 0.4) is 0 Å². The molecule has 6 nitrogen and oxygen atoms in total. The SMILES string of the molecule is Cc1cc(OCF)cnc1C(=O)Cc1cccc([C@]2(C)C=C(CF)OC(N)=N2)c1. The molecule has 8 heteroatoms. The fourth-order valence-corrected chi connectivity index (χ4v) is 3.22. The summed E-state index contributed by atoms with van der Waals surface area (Å²) in [6.45, 7) is 1.74. The molecule has 0 spiro atoms. The Morgan fingerprint density at radius 1 is 1.31 bits per heavy atom. The number of rotatable bonds is 7. The molecule has 0 aliphatic carbocycles. The second kappa shape index (κ2) is 8.38. The number of ketones is 1. The van der Waals surface area contributed by atoms with E-state index >= 15 is 0 Å². The minimum absolute atomic E-state index is 0.0943. The molecule has 0 unspecified atom stereocenters. The summed E-state index contributed by atoms with van der Waals surface area (Å²) in [5.74, 6) is 0.172. The van der Waals surface area contributed by atoms with Crippen molar-refractivity contribution >= 4 is 11.8 Å². The first kappa shape index (κ1) is 20.4. The number of halogens is 2. The zero-order valence-electron chi connectivity index (χ0n) is 16.1. The van der Waals surface area contributed by atoms with E-state index in [1.54, 1.807) is 32.1 Å². The molecule has 1 atom stereocenters. The number of alkyl halides is 2. The van der Waals surface area contributed by atoms with Crippen molar-refractivity contribution in [1.82, 2.24) is 4.98 Å². The summed E-state index contributed by atoms with van der Waals surface area (Å²) in [5.41, 5.74) is 7.16. The zero-order chi connectivity index (χ0) is 21.0. The van der Waals surface area contributed by atoms with E-state index in [9.17, 15) is 13.6 Å². The summed E-state index contributed by atoms with van der Waals surface area (Å²) < 4.78 is 35.2. The molecule has 1 aliphatic heterocycles. The number of pyridine rings is 1. The summed E-state index contributed by atoms with van der Waals surface area (Å²) in [7, 11) is 0. The van der Waals surface area contributed by atoms with Crippen molar-refractivity contribution in [1.29, 1.82) is 0 Å². The molecular weight excluding hydrogens is 380 g/mol. The summed E-state index contributed by atoms with van der Waals surface area (Å²) in [5, 5.41) is 0. The van der Waals surface area contributed by atoms with E-state index in [0.29, 0.717) is 11.3 Å². The molecule has 0 fully saturated rings. The van der Waals surface area contributed by atoms with Gasteiger partial charge in [-0.05, 0) is 42.7 Å². The molecule has 0 amide bonds. The minimum Gasteiger partial charge on any atom is -0.461 e. The maximum absolute atomic E-state index is 13.1. The quantitative estimate of drug-likeness (QED) is 0.717. The van der Waals surface area contributed by atoms with E-state index in [2.05, 4.69) is 9.98 Å². The first-order valence-corrected chi connectivity index (χ1v) is 8.93. The molecule has 1 aliphatic rings. The lowest BCUT2D eigenvalue weighted by Crippen LogP contribution is -2.30. The third-order valence-electron chi connectivity index (χ3n) is 4.57. The molecule has 152 valence electrons. The van der Waals surface area contributed by atoms with Gasteiger partial charge in [0.25, 0.3) is 6.02 Å². The molecule has 3 rings (SSSR count). The number of nitrogens with two attached hydrogens (primary N) is 1. The number of Topliss-reactive ketones (excluding diaryl/α,β-unsaturated/α-hetero) is 1. The molecule has 0 bridgehead atoms. The van der Waals surface area contributed by atoms with Crippen molar-refractivity contribution in [2.24, 2.45) is 10.7 Å². The Morgan fingerprint density at radius 3 is 2.79 bits per heavy atom. The largest absolute Gasteiger partial charge is 0.461 e. The van der Waals surface area contributed by atoms with E-state index in [1.807, 2.05) is 18.2 Å². The van der Waals surface area contributed by atoms with Gasteiger partial charge in [-0.15, -0.1) is 0 Å². The van der Waals surface area contributed by atoms with Crippen LogP contribution in [-0.4, -0.2) is 30.3 Å². The van der Waals surface area contributed by atoms with Crippen LogP contribution >= 0.6 is 0 Å². The van der Waals surface area contributed by atoms with Gasteiger partial charge >= 0.3 is 0 Å². The molecule has 2 N–H and O–H groups in total. The molecular formula is C21H21F2N3O3. The van der Waals surface area contributed by atoms with Gasteiger partial charge in [0.05, 0.1) is 6.20 Å². The smallest absolute Gasteiger partial charge is 0.288 e. The zero-order valence-corrected chi connectivity index (χ0v) is 16.1. The van der Waals surface area contributed by atoms with Crippen molar-refractivity contribution in [2.45, 2.75) is 25.8 Å². The summed E-state index contributed by atoms with van der Waals surface area (Å²) in [6.07, 6.45) is 3.00. The number of nitrogens with zero attached hydrogens (tertiary/aromatic N) is 2. The van der Waals surface area contributed by atoms with E-state index in [4.69, 9.17) is 15.2 Å². The van der Waals surface area contributed by atoms with Gasteiger partial charge in [0.1, 0.15) is 29.4 Å². The summed E-state index contributed by atoms with van der Waals surface area (Å²) in [4.78, 5) is 21.1. The van der Waals surface area contributed by atoms with E-state index in [0.717, 1.165) is 11.1 Å². The van der Waals surface area contributed by atoms with Crippen LogP contribution in [0.4, 0.5) is 8.78 Å². The lowest BCUT2D eigenvalue weighted by Gasteiger charge is -2.27. The van der Waals surface area contributed by atoms with Crippen LogP contribution in [0.5, 0.6) is 5.75 Å². The minimum atomic E-state index is -0.962. The monoisotopic (exact) mass is 401 g/mol. The number of carbonyl (C=O) groups is 1. The van der Waals surface area contributed by atoms with Crippen molar-refractivity contribution in [2.75, 3.05) is 13.5 Å². The average Bonchev–Trinajstić information content (AvgIpc) is 2.67. The number of ether oxygens (including phenoxy) is 2. The lowest BCUT2D eigenvalue weighted by atomic mass is 9.89. The number of carbonyl (C=O) groups excluding carboxylic acids is 1. The summed E-state index contributed by atoms with van der Waals surface area (Å²) in [6, 6.07) is 8.72. The predicted molar refractivity (Wildman–Crippen MR) is 104 cm³/mol. The standard InChI is InChI=1S/C21H21F2N3O3/c1-13-6-16(28-12-23)11-25-19(13)18(27)8-14-4-3-5-15(7-14)21(2)9-17(10-22)29-20(24)26-21/h3-7,9,11H,8,10,12H2,1-2H3,(H2,24,26)/t21-/m0/s1. The maximum Gasteiger partial charge on any atom is 0.288 e. The van der Waals surface area contributed by atoms with Gasteiger partial charge in [0.2, 0.25) is 6.86 Å². The average molecular weight is 401 g/mol. The number of aryl methyl sites for hydroxylation is 1. The molecule has 1 aromatic carbocycles. The van der Waals surface area contributed by atoms with Gasteiger partial charge in [-0.25, -0.2) is 18.8 Å². The van der Waals surface area contributed by atoms with Crippen molar-refractivity contribution in [3.8, 4) is 5.75 Å². The van der Waals surface area contributed by atoms with Gasteiger partial charge in [0.15, 0.2) is 5.78 Å². The molecule has 1 aromatic heterocycles. The van der Waals surface area contributed by atoms with Crippen LogP contribution in [0.2, 0.25) is 0 Å². The second-order valence-corrected chi connectivity index (χ2v) is 6.83. The number of amidine groups is 1. The molecule has 2 aromatic rings. The number of hydrogen-bond acceptors (Lipinski definition) is 6. The van der Waals surface area contributed by atoms with Gasteiger partial charge < -0.3 is 15.2 Å². The Balaban J connectivity index is 1.84. The Hall–Kier alpha value is -3.29. The Kier molecular flexibility index (Phi) is 5.91. The number of benzene rings is 1. The second-order valence-electron chi connectivity index (χ2n) is 6.83. The van der Waals surface area contributed by atoms with E-state index in [1.165, 1.54) is 6.20 Å². The lowest BCUT2D eigenvalue weighted by molar-refractivity contribution is 0.0987. The first-order valence-electron chi connectivity index (χ1n) is 8.93. The van der Waals surface area contributed by atoms with E-state index < -0.39 is 19.1 Å². The highest BCUT2D eigenvalue weighted by Crippen LogP contribution is 2.32. The third kappa shape index (κ3) is 4.59. The molecule has 0 saturated heterocycles. The van der Waals surface area contributed by atoms with Crippen molar-refractivity contribution in [3.63, 3.8) is 0 Å². The molecule has 2 heterocycles. The Morgan fingerprint density at radius 2 is 2.10 bits per heavy atom.